The van der Waals surface area contributed by atoms with Crippen LogP contribution in [0.2, 0.25) is 5.02 Å². The average molecular weight is 292 g/mol. The van der Waals surface area contributed by atoms with Crippen molar-refractivity contribution in [1.82, 2.24) is 4.98 Å². The minimum absolute atomic E-state index is 0.0526. The molecule has 106 valence electrons. The van der Waals surface area contributed by atoms with E-state index in [1.165, 1.54) is 23.8 Å². The van der Waals surface area contributed by atoms with Gasteiger partial charge in [0.2, 0.25) is 0 Å². The number of halogens is 1. The maximum Gasteiger partial charge on any atom is 0.308 e. The predicted octanol–water partition coefficient (Wildman–Crippen LogP) is 3.74. The van der Waals surface area contributed by atoms with Gasteiger partial charge in [0.15, 0.2) is 0 Å². The quantitative estimate of drug-likeness (QED) is 0.857. The van der Waals surface area contributed by atoms with Crippen LogP contribution in [0.1, 0.15) is 24.6 Å². The highest BCUT2D eigenvalue weighted by Crippen LogP contribution is 2.35. The van der Waals surface area contributed by atoms with Crippen molar-refractivity contribution in [3.8, 4) is 0 Å². The number of rotatable bonds is 2. The Morgan fingerprint density at radius 1 is 1.50 bits per heavy atom. The molecule has 0 unspecified atom stereocenters. The summed E-state index contributed by atoms with van der Waals surface area (Å²) in [5.74, 6) is 0.180. The second-order valence-electron chi connectivity index (χ2n) is 5.59. The summed E-state index contributed by atoms with van der Waals surface area (Å²) in [5.41, 5.74) is 3.73. The number of carbonyl (C=O) groups excluding carboxylic acids is 1. The van der Waals surface area contributed by atoms with Gasteiger partial charge in [-0.1, -0.05) is 18.5 Å². The predicted molar refractivity (Wildman–Crippen MR) is 80.0 cm³/mol. The van der Waals surface area contributed by atoms with Crippen LogP contribution >= 0.6 is 11.6 Å². The molecule has 0 bridgehead atoms. The second kappa shape index (κ2) is 5.13. The molecule has 3 rings (SSSR count). The number of fused-ring (bicyclic) bond motifs is 3. The fraction of sp³-hybridized carbons (Fsp3) is 0.438. The molecule has 0 saturated carbocycles. The molecule has 20 heavy (non-hydrogen) atoms. The van der Waals surface area contributed by atoms with Gasteiger partial charge in [0.1, 0.15) is 0 Å². The van der Waals surface area contributed by atoms with E-state index in [1.807, 2.05) is 25.1 Å². The monoisotopic (exact) mass is 291 g/mol. The van der Waals surface area contributed by atoms with Gasteiger partial charge in [0, 0.05) is 21.6 Å². The summed E-state index contributed by atoms with van der Waals surface area (Å²) < 4.78 is 4.86. The lowest BCUT2D eigenvalue weighted by molar-refractivity contribution is -0.146. The van der Waals surface area contributed by atoms with Gasteiger partial charge >= 0.3 is 5.97 Å². The lowest BCUT2D eigenvalue weighted by atomic mass is 9.79. The van der Waals surface area contributed by atoms with Crippen molar-refractivity contribution in [2.75, 3.05) is 7.11 Å². The Labute approximate surface area is 123 Å². The van der Waals surface area contributed by atoms with Crippen molar-refractivity contribution in [3.05, 3.63) is 34.5 Å². The Morgan fingerprint density at radius 2 is 2.30 bits per heavy atom. The molecule has 0 spiro atoms. The third-order valence-electron chi connectivity index (χ3n) is 4.47. The zero-order valence-electron chi connectivity index (χ0n) is 11.7. The first-order valence-corrected chi connectivity index (χ1v) is 7.34. The molecule has 1 aliphatic rings. The lowest BCUT2D eigenvalue weighted by Gasteiger charge is -2.26. The number of methoxy groups -OCH3 is 1. The molecular weight excluding hydrogens is 274 g/mol. The van der Waals surface area contributed by atoms with Crippen molar-refractivity contribution in [1.29, 1.82) is 0 Å². The summed E-state index contributed by atoms with van der Waals surface area (Å²) in [7, 11) is 1.46. The Bertz CT molecular complexity index is 662. The highest BCUT2D eigenvalue weighted by Gasteiger charge is 2.30. The highest BCUT2D eigenvalue weighted by atomic mass is 35.5. The number of ether oxygens (including phenoxy) is 1. The minimum Gasteiger partial charge on any atom is -0.469 e. The molecule has 1 aliphatic carbocycles. The highest BCUT2D eigenvalue weighted by molar-refractivity contribution is 6.31. The number of aryl methyl sites for hydroxylation is 1. The van der Waals surface area contributed by atoms with Gasteiger partial charge < -0.3 is 9.72 Å². The Balaban J connectivity index is 1.92. The molecule has 0 fully saturated rings. The van der Waals surface area contributed by atoms with E-state index in [9.17, 15) is 4.79 Å². The summed E-state index contributed by atoms with van der Waals surface area (Å²) in [4.78, 5) is 15.2. The summed E-state index contributed by atoms with van der Waals surface area (Å²) in [6, 6.07) is 5.95. The summed E-state index contributed by atoms with van der Waals surface area (Å²) in [6.45, 7) is 1.96. The number of benzene rings is 1. The maximum atomic E-state index is 11.7. The first kappa shape index (κ1) is 13.5. The molecule has 1 aromatic heterocycles. The van der Waals surface area contributed by atoms with Gasteiger partial charge in [0.25, 0.3) is 0 Å². The summed E-state index contributed by atoms with van der Waals surface area (Å²) in [6.07, 6.45) is 2.91. The van der Waals surface area contributed by atoms with Crippen molar-refractivity contribution >= 4 is 28.5 Å². The first-order valence-electron chi connectivity index (χ1n) is 6.97. The second-order valence-corrected chi connectivity index (χ2v) is 6.02. The molecule has 0 amide bonds. The topological polar surface area (TPSA) is 42.1 Å². The number of hydrogen-bond donors (Lipinski definition) is 1. The van der Waals surface area contributed by atoms with E-state index in [0.717, 1.165) is 29.8 Å². The maximum absolute atomic E-state index is 11.7. The van der Waals surface area contributed by atoms with Crippen molar-refractivity contribution in [2.45, 2.75) is 26.2 Å². The minimum atomic E-state index is -0.113. The molecule has 4 heteroatoms. The van der Waals surface area contributed by atoms with Gasteiger partial charge in [0.05, 0.1) is 13.0 Å². The number of H-pyrrole nitrogens is 1. The molecule has 1 aromatic carbocycles. The van der Waals surface area contributed by atoms with Crippen LogP contribution in [0.15, 0.2) is 18.2 Å². The van der Waals surface area contributed by atoms with Crippen LogP contribution < -0.4 is 0 Å². The fourth-order valence-electron chi connectivity index (χ4n) is 3.23. The van der Waals surface area contributed by atoms with Crippen molar-refractivity contribution in [2.24, 2.45) is 11.8 Å². The van der Waals surface area contributed by atoms with Gasteiger partial charge in [-0.05, 0) is 48.9 Å². The number of carbonyl (C=O) groups is 1. The van der Waals surface area contributed by atoms with Crippen LogP contribution in [0, 0.1) is 11.8 Å². The van der Waals surface area contributed by atoms with Crippen molar-refractivity contribution < 1.29 is 9.53 Å². The molecular formula is C16H18ClNO2. The first-order chi connectivity index (χ1) is 9.60. The smallest absolute Gasteiger partial charge is 0.308 e. The van der Waals surface area contributed by atoms with Crippen LogP contribution in [0.25, 0.3) is 10.9 Å². The van der Waals surface area contributed by atoms with E-state index >= 15 is 0 Å². The molecule has 3 nitrogen and oxygen atoms in total. The largest absolute Gasteiger partial charge is 0.469 e. The normalized spacial score (nSPS) is 19.6. The standard InChI is InChI=1S/C16H18ClNO2/c1-9(16(19)20-2)10-3-5-12-13-8-11(17)4-6-14(13)18-15(12)7-10/h4,6,8-10,18H,3,5,7H2,1-2H3/t9-,10+/m0/s1. The molecule has 2 aromatic rings. The van der Waals surface area contributed by atoms with Crippen LogP contribution in [-0.2, 0) is 22.4 Å². The van der Waals surface area contributed by atoms with E-state index in [0.29, 0.717) is 5.92 Å². The van der Waals surface area contributed by atoms with Crippen LogP contribution in [-0.4, -0.2) is 18.1 Å². The van der Waals surface area contributed by atoms with Gasteiger partial charge in [-0.2, -0.15) is 0 Å². The summed E-state index contributed by atoms with van der Waals surface area (Å²) >= 11 is 6.08. The van der Waals surface area contributed by atoms with Gasteiger partial charge in [-0.3, -0.25) is 4.79 Å². The molecule has 0 aliphatic heterocycles. The van der Waals surface area contributed by atoms with E-state index in [4.69, 9.17) is 16.3 Å². The number of aromatic nitrogens is 1. The Kier molecular flexibility index (Phi) is 3.47. The third-order valence-corrected chi connectivity index (χ3v) is 4.70. The number of esters is 1. The van der Waals surface area contributed by atoms with Gasteiger partial charge in [-0.25, -0.2) is 0 Å². The molecule has 1 heterocycles. The van der Waals surface area contributed by atoms with E-state index < -0.39 is 0 Å². The molecule has 2 atom stereocenters. The lowest BCUT2D eigenvalue weighted by Crippen LogP contribution is -2.27. The Hall–Kier alpha value is -1.48. The fourth-order valence-corrected chi connectivity index (χ4v) is 3.41. The number of aromatic amines is 1. The van der Waals surface area contributed by atoms with E-state index in [1.54, 1.807) is 0 Å². The Morgan fingerprint density at radius 3 is 3.05 bits per heavy atom. The van der Waals surface area contributed by atoms with Crippen LogP contribution in [0.4, 0.5) is 0 Å². The van der Waals surface area contributed by atoms with E-state index in [-0.39, 0.29) is 11.9 Å². The van der Waals surface area contributed by atoms with Crippen molar-refractivity contribution in [3.63, 3.8) is 0 Å². The number of hydrogen-bond acceptors (Lipinski definition) is 2. The zero-order chi connectivity index (χ0) is 14.3. The SMILES string of the molecule is COC(=O)[C@@H](C)[C@@H]1CCc2c([nH]c3ccc(Cl)cc23)C1. The zero-order valence-corrected chi connectivity index (χ0v) is 12.5. The van der Waals surface area contributed by atoms with E-state index in [2.05, 4.69) is 4.98 Å². The molecule has 0 saturated heterocycles. The molecule has 1 N–H and O–H groups in total. The number of nitrogens with one attached hydrogen (secondary N) is 1. The van der Waals surface area contributed by atoms with Gasteiger partial charge in [-0.15, -0.1) is 0 Å². The average Bonchev–Trinajstić information content (AvgIpc) is 2.82. The van der Waals surface area contributed by atoms with Crippen LogP contribution in [0.5, 0.6) is 0 Å². The molecule has 0 radical (unpaired) electrons. The van der Waals surface area contributed by atoms with Crippen LogP contribution in [0.3, 0.4) is 0 Å². The third kappa shape index (κ3) is 2.20. The summed E-state index contributed by atoms with van der Waals surface area (Å²) in [5, 5.41) is 1.99.